The van der Waals surface area contributed by atoms with Crippen molar-refractivity contribution in [3.63, 3.8) is 0 Å². The van der Waals surface area contributed by atoms with Crippen LogP contribution in [0.4, 0.5) is 5.69 Å². The van der Waals surface area contributed by atoms with Crippen molar-refractivity contribution in [1.82, 2.24) is 0 Å². The summed E-state index contributed by atoms with van der Waals surface area (Å²) in [5.74, 6) is 0.859. The lowest BCUT2D eigenvalue weighted by atomic mass is 9.93. The number of hydrogen-bond donors (Lipinski definition) is 0. The van der Waals surface area contributed by atoms with E-state index in [2.05, 4.69) is 35.2 Å². The van der Waals surface area contributed by atoms with E-state index in [1.165, 1.54) is 24.1 Å². The summed E-state index contributed by atoms with van der Waals surface area (Å²) in [5.41, 5.74) is 3.52. The molecule has 3 nitrogen and oxygen atoms in total. The van der Waals surface area contributed by atoms with Gasteiger partial charge in [0.15, 0.2) is 0 Å². The highest BCUT2D eigenvalue weighted by atomic mass is 16.5. The molecule has 1 saturated heterocycles. The van der Waals surface area contributed by atoms with Gasteiger partial charge >= 0.3 is 0 Å². The maximum atomic E-state index is 11.5. The van der Waals surface area contributed by atoms with E-state index < -0.39 is 0 Å². The molecule has 3 heteroatoms. The molecule has 0 aliphatic carbocycles. The lowest BCUT2D eigenvalue weighted by molar-refractivity contribution is -0.111. The molecule has 1 unspecified atom stereocenters. The highest BCUT2D eigenvalue weighted by Gasteiger charge is 2.17. The molecule has 126 valence electrons. The monoisotopic (exact) mass is 323 g/mol. The molecule has 3 rings (SSSR count). The number of hydrogen-bond acceptors (Lipinski definition) is 3. The van der Waals surface area contributed by atoms with Gasteiger partial charge < -0.3 is 14.4 Å². The second kappa shape index (κ2) is 8.00. The summed E-state index contributed by atoms with van der Waals surface area (Å²) in [7, 11) is 1.71. The van der Waals surface area contributed by atoms with Gasteiger partial charge in [-0.15, -0.1) is 0 Å². The van der Waals surface area contributed by atoms with Gasteiger partial charge in [0, 0.05) is 30.8 Å². The van der Waals surface area contributed by atoms with Crippen LogP contribution in [0.15, 0.2) is 48.5 Å². The first-order chi connectivity index (χ1) is 11.8. The Hall–Kier alpha value is -2.29. The lowest BCUT2D eigenvalue weighted by Gasteiger charge is -2.20. The zero-order valence-corrected chi connectivity index (χ0v) is 14.3. The van der Waals surface area contributed by atoms with Crippen LogP contribution in [0.2, 0.25) is 0 Å². The zero-order valence-electron chi connectivity index (χ0n) is 14.3. The number of nitrogens with zero attached hydrogens (tertiary/aromatic N) is 1. The first-order valence-corrected chi connectivity index (χ1v) is 8.71. The second-order valence-electron chi connectivity index (χ2n) is 6.48. The molecule has 2 aromatic rings. The number of rotatable bonds is 7. The van der Waals surface area contributed by atoms with Gasteiger partial charge in [0.2, 0.25) is 0 Å². The fraction of sp³-hybridized carbons (Fsp3) is 0.381. The largest absolute Gasteiger partial charge is 0.496 e. The number of benzene rings is 2. The van der Waals surface area contributed by atoms with Crippen LogP contribution < -0.4 is 9.64 Å². The molecule has 24 heavy (non-hydrogen) atoms. The van der Waals surface area contributed by atoms with Crippen molar-refractivity contribution < 1.29 is 9.53 Å². The smallest absolute Gasteiger partial charge is 0.124 e. The zero-order chi connectivity index (χ0) is 16.8. The summed E-state index contributed by atoms with van der Waals surface area (Å²) in [6.45, 7) is 2.24. The van der Waals surface area contributed by atoms with Crippen molar-refractivity contribution in [1.29, 1.82) is 0 Å². The Morgan fingerprint density at radius 1 is 1.08 bits per heavy atom. The average Bonchev–Trinajstić information content (AvgIpc) is 3.17. The summed E-state index contributed by atoms with van der Waals surface area (Å²) < 4.78 is 5.60. The quantitative estimate of drug-likeness (QED) is 0.724. The molecule has 0 spiro atoms. The van der Waals surface area contributed by atoms with E-state index in [0.29, 0.717) is 6.42 Å². The maximum absolute atomic E-state index is 11.5. The molecule has 0 amide bonds. The SMILES string of the molecule is COc1cc(N2CCCC2)ccc1CC(C=O)Cc1ccccc1. The van der Waals surface area contributed by atoms with Crippen LogP contribution >= 0.6 is 0 Å². The summed E-state index contributed by atoms with van der Waals surface area (Å²) in [6, 6.07) is 16.6. The predicted molar refractivity (Wildman–Crippen MR) is 97.8 cm³/mol. The summed E-state index contributed by atoms with van der Waals surface area (Å²) >= 11 is 0. The minimum atomic E-state index is -0.0288. The summed E-state index contributed by atoms with van der Waals surface area (Å²) in [6.07, 6.45) is 5.06. The highest BCUT2D eigenvalue weighted by Crippen LogP contribution is 2.29. The third-order valence-electron chi connectivity index (χ3n) is 4.76. The van der Waals surface area contributed by atoms with Crippen molar-refractivity contribution >= 4 is 12.0 Å². The number of ether oxygens (including phenoxy) is 1. The third-order valence-corrected chi connectivity index (χ3v) is 4.76. The highest BCUT2D eigenvalue weighted by molar-refractivity contribution is 5.58. The summed E-state index contributed by atoms with van der Waals surface area (Å²) in [5, 5.41) is 0. The van der Waals surface area contributed by atoms with Gasteiger partial charge in [-0.3, -0.25) is 0 Å². The van der Waals surface area contributed by atoms with E-state index in [4.69, 9.17) is 4.74 Å². The van der Waals surface area contributed by atoms with Gasteiger partial charge in [-0.2, -0.15) is 0 Å². The van der Waals surface area contributed by atoms with E-state index in [-0.39, 0.29) is 5.92 Å². The van der Waals surface area contributed by atoms with Crippen LogP contribution in [0, 0.1) is 5.92 Å². The average molecular weight is 323 g/mol. The van der Waals surface area contributed by atoms with Gasteiger partial charge in [0.1, 0.15) is 12.0 Å². The Morgan fingerprint density at radius 2 is 1.83 bits per heavy atom. The van der Waals surface area contributed by atoms with Gasteiger partial charge in [-0.1, -0.05) is 36.4 Å². The van der Waals surface area contributed by atoms with E-state index in [1.807, 2.05) is 18.2 Å². The van der Waals surface area contributed by atoms with Gasteiger partial charge in [-0.05, 0) is 42.9 Å². The fourth-order valence-electron chi connectivity index (χ4n) is 3.44. The number of anilines is 1. The minimum absolute atomic E-state index is 0.0288. The Labute approximate surface area is 144 Å². The molecule has 1 heterocycles. The molecule has 0 radical (unpaired) electrons. The van der Waals surface area contributed by atoms with Crippen LogP contribution in [0.3, 0.4) is 0 Å². The van der Waals surface area contributed by atoms with Crippen LogP contribution in [0.1, 0.15) is 24.0 Å². The van der Waals surface area contributed by atoms with Crippen LogP contribution in [0.25, 0.3) is 0 Å². The Morgan fingerprint density at radius 3 is 2.50 bits per heavy atom. The van der Waals surface area contributed by atoms with E-state index in [9.17, 15) is 4.79 Å². The molecule has 1 atom stereocenters. The minimum Gasteiger partial charge on any atom is -0.496 e. The number of aldehydes is 1. The van der Waals surface area contributed by atoms with E-state index >= 15 is 0 Å². The molecule has 1 fully saturated rings. The Balaban J connectivity index is 1.73. The van der Waals surface area contributed by atoms with Crippen molar-refractivity contribution in [2.45, 2.75) is 25.7 Å². The lowest BCUT2D eigenvalue weighted by Crippen LogP contribution is -2.18. The number of methoxy groups -OCH3 is 1. The van der Waals surface area contributed by atoms with Gasteiger partial charge in [-0.25, -0.2) is 0 Å². The van der Waals surface area contributed by atoms with E-state index in [0.717, 1.165) is 37.1 Å². The topological polar surface area (TPSA) is 29.5 Å². The number of carbonyl (C=O) groups excluding carboxylic acids is 1. The van der Waals surface area contributed by atoms with Gasteiger partial charge in [0.05, 0.1) is 7.11 Å². The number of carbonyl (C=O) groups is 1. The van der Waals surface area contributed by atoms with Gasteiger partial charge in [0.25, 0.3) is 0 Å². The normalized spacial score (nSPS) is 15.3. The van der Waals surface area contributed by atoms with Crippen LogP contribution in [0.5, 0.6) is 5.75 Å². The molecule has 0 saturated carbocycles. The first-order valence-electron chi connectivity index (χ1n) is 8.71. The molecule has 0 N–H and O–H groups in total. The molecular formula is C21H25NO2. The van der Waals surface area contributed by atoms with Crippen molar-refractivity contribution in [2.24, 2.45) is 5.92 Å². The molecule has 2 aromatic carbocycles. The Bertz CT molecular complexity index is 663. The predicted octanol–water partition coefficient (Wildman–Crippen LogP) is 3.90. The molecule has 1 aliphatic heterocycles. The maximum Gasteiger partial charge on any atom is 0.124 e. The standard InChI is InChI=1S/C21H25NO2/c1-24-21-15-20(22-11-5-6-12-22)10-9-19(21)14-18(16-23)13-17-7-3-2-4-8-17/h2-4,7-10,15-16,18H,5-6,11-14H2,1H3. The first kappa shape index (κ1) is 16.6. The second-order valence-corrected chi connectivity index (χ2v) is 6.48. The fourth-order valence-corrected chi connectivity index (χ4v) is 3.44. The molecule has 0 bridgehead atoms. The summed E-state index contributed by atoms with van der Waals surface area (Å²) in [4.78, 5) is 13.9. The van der Waals surface area contributed by atoms with E-state index in [1.54, 1.807) is 7.11 Å². The van der Waals surface area contributed by atoms with Crippen molar-refractivity contribution in [3.05, 3.63) is 59.7 Å². The molecular weight excluding hydrogens is 298 g/mol. The molecule has 1 aliphatic rings. The van der Waals surface area contributed by atoms with Crippen LogP contribution in [-0.2, 0) is 17.6 Å². The van der Waals surface area contributed by atoms with Crippen molar-refractivity contribution in [2.75, 3.05) is 25.1 Å². The Kier molecular flexibility index (Phi) is 5.52. The third kappa shape index (κ3) is 3.97. The van der Waals surface area contributed by atoms with Crippen LogP contribution in [-0.4, -0.2) is 26.5 Å². The molecule has 0 aromatic heterocycles. The van der Waals surface area contributed by atoms with Crippen molar-refractivity contribution in [3.8, 4) is 5.75 Å².